The van der Waals surface area contributed by atoms with E-state index in [0.717, 1.165) is 16.3 Å². The molecule has 0 radical (unpaired) electrons. The molecule has 0 saturated carbocycles. The summed E-state index contributed by atoms with van der Waals surface area (Å²) in [5.74, 6) is -0.811. The molecular formula is C24H24N4O2S2. The zero-order valence-electron chi connectivity index (χ0n) is 17.7. The number of anilines is 3. The fourth-order valence-electron chi connectivity index (χ4n) is 2.88. The van der Waals surface area contributed by atoms with E-state index in [1.807, 2.05) is 55.5 Å². The Morgan fingerprint density at radius 3 is 2.31 bits per heavy atom. The Labute approximate surface area is 197 Å². The second-order valence-electron chi connectivity index (χ2n) is 7.13. The third-order valence-electron chi connectivity index (χ3n) is 4.53. The predicted molar refractivity (Wildman–Crippen MR) is 136 cm³/mol. The van der Waals surface area contributed by atoms with Crippen LogP contribution in [0.3, 0.4) is 0 Å². The van der Waals surface area contributed by atoms with Gasteiger partial charge in [-0.25, -0.2) is 0 Å². The lowest BCUT2D eigenvalue weighted by Crippen LogP contribution is -2.24. The molecule has 6 nitrogen and oxygen atoms in total. The zero-order chi connectivity index (χ0) is 23.1. The molecule has 0 aliphatic carbocycles. The second-order valence-corrected chi connectivity index (χ2v) is 8.95. The minimum Gasteiger partial charge on any atom is -0.366 e. The highest BCUT2D eigenvalue weighted by molar-refractivity contribution is 8.00. The van der Waals surface area contributed by atoms with Crippen LogP contribution in [0.4, 0.5) is 17.1 Å². The van der Waals surface area contributed by atoms with Crippen LogP contribution in [-0.4, -0.2) is 22.2 Å². The van der Waals surface area contributed by atoms with Gasteiger partial charge < -0.3 is 21.7 Å². The van der Waals surface area contributed by atoms with Crippen LogP contribution in [-0.2, 0) is 4.79 Å². The maximum absolute atomic E-state index is 12.7. The highest BCUT2D eigenvalue weighted by Crippen LogP contribution is 2.27. The van der Waals surface area contributed by atoms with Crippen molar-refractivity contribution < 1.29 is 9.59 Å². The number of rotatable bonds is 7. The van der Waals surface area contributed by atoms with Gasteiger partial charge in [0.1, 0.15) is 0 Å². The molecule has 2 amide bonds. The Bertz CT molecular complexity index is 1130. The molecule has 0 fully saturated rings. The van der Waals surface area contributed by atoms with Crippen molar-refractivity contribution in [3.05, 3.63) is 83.9 Å². The molecule has 3 aromatic carbocycles. The zero-order valence-corrected chi connectivity index (χ0v) is 19.3. The van der Waals surface area contributed by atoms with Gasteiger partial charge in [-0.2, -0.15) is 0 Å². The van der Waals surface area contributed by atoms with Gasteiger partial charge in [0.15, 0.2) is 5.11 Å². The third-order valence-corrected chi connectivity index (χ3v) is 5.83. The Morgan fingerprint density at radius 2 is 1.59 bits per heavy atom. The molecule has 5 N–H and O–H groups in total. The van der Waals surface area contributed by atoms with Gasteiger partial charge >= 0.3 is 0 Å². The Kier molecular flexibility index (Phi) is 7.86. The number of carbonyl (C=O) groups excluding carboxylic acids is 2. The number of hydrogen-bond acceptors (Lipinski definition) is 4. The summed E-state index contributed by atoms with van der Waals surface area (Å²) in [6.07, 6.45) is 0. The van der Waals surface area contributed by atoms with E-state index < -0.39 is 11.2 Å². The van der Waals surface area contributed by atoms with Gasteiger partial charge in [-0.05, 0) is 68.5 Å². The summed E-state index contributed by atoms with van der Waals surface area (Å²) < 4.78 is 0. The van der Waals surface area contributed by atoms with Crippen LogP contribution in [0, 0.1) is 6.92 Å². The average Bonchev–Trinajstić information content (AvgIpc) is 2.75. The quantitative estimate of drug-likeness (QED) is 0.290. The number of benzene rings is 3. The van der Waals surface area contributed by atoms with Crippen LogP contribution in [0.2, 0.25) is 0 Å². The molecule has 8 heteroatoms. The molecule has 0 bridgehead atoms. The molecule has 0 spiro atoms. The minimum atomic E-state index is -0.588. The number of thioether (sulfide) groups is 1. The van der Waals surface area contributed by atoms with Crippen LogP contribution >= 0.6 is 24.0 Å². The van der Waals surface area contributed by atoms with Crippen LogP contribution in [0.1, 0.15) is 22.8 Å². The van der Waals surface area contributed by atoms with Crippen LogP contribution in [0.15, 0.2) is 77.7 Å². The molecule has 0 aliphatic heterocycles. The molecule has 164 valence electrons. The number of thiocarbonyl (C=S) groups is 1. The molecule has 1 atom stereocenters. The number of nitrogens with two attached hydrogens (primary N) is 1. The van der Waals surface area contributed by atoms with Crippen molar-refractivity contribution in [2.24, 2.45) is 5.73 Å². The normalized spacial score (nSPS) is 11.3. The number of nitrogens with one attached hydrogen (secondary N) is 3. The van der Waals surface area contributed by atoms with E-state index in [1.54, 1.807) is 31.2 Å². The molecule has 3 rings (SSSR count). The van der Waals surface area contributed by atoms with Crippen molar-refractivity contribution in [3.8, 4) is 0 Å². The van der Waals surface area contributed by atoms with Crippen molar-refractivity contribution in [2.45, 2.75) is 24.0 Å². The number of hydrogen-bond donors (Lipinski definition) is 4. The van der Waals surface area contributed by atoms with E-state index in [-0.39, 0.29) is 11.5 Å². The summed E-state index contributed by atoms with van der Waals surface area (Å²) in [6, 6.07) is 22.3. The van der Waals surface area contributed by atoms with Gasteiger partial charge in [0.05, 0.1) is 16.5 Å². The van der Waals surface area contributed by atoms with E-state index in [9.17, 15) is 9.59 Å². The number of aryl methyl sites for hydroxylation is 1. The summed E-state index contributed by atoms with van der Waals surface area (Å²) >= 11 is 6.80. The van der Waals surface area contributed by atoms with Crippen molar-refractivity contribution in [1.82, 2.24) is 0 Å². The van der Waals surface area contributed by atoms with E-state index in [2.05, 4.69) is 16.0 Å². The monoisotopic (exact) mass is 464 g/mol. The first-order valence-electron chi connectivity index (χ1n) is 9.93. The van der Waals surface area contributed by atoms with Gasteiger partial charge in [0.2, 0.25) is 5.91 Å². The molecule has 3 aromatic rings. The smallest absolute Gasteiger partial charge is 0.250 e. The summed E-state index contributed by atoms with van der Waals surface area (Å²) in [5, 5.41) is 9.17. The van der Waals surface area contributed by atoms with Crippen LogP contribution in [0.25, 0.3) is 0 Å². The van der Waals surface area contributed by atoms with Gasteiger partial charge in [0.25, 0.3) is 5.91 Å². The van der Waals surface area contributed by atoms with Gasteiger partial charge in [-0.15, -0.1) is 11.8 Å². The lowest BCUT2D eigenvalue weighted by molar-refractivity contribution is -0.115. The summed E-state index contributed by atoms with van der Waals surface area (Å²) in [7, 11) is 0. The van der Waals surface area contributed by atoms with E-state index in [1.165, 1.54) is 17.3 Å². The van der Waals surface area contributed by atoms with Crippen molar-refractivity contribution >= 4 is 58.0 Å². The predicted octanol–water partition coefficient (Wildman–Crippen LogP) is 5.02. The average molecular weight is 465 g/mol. The van der Waals surface area contributed by atoms with E-state index in [0.29, 0.717) is 10.8 Å². The SMILES string of the molecule is Cc1ccc(NC(=S)Nc2cccc(SC(C)C(=O)Nc3ccccc3C(N)=O)c2)cc1. The van der Waals surface area contributed by atoms with Crippen molar-refractivity contribution in [1.29, 1.82) is 0 Å². The molecule has 32 heavy (non-hydrogen) atoms. The van der Waals surface area contributed by atoms with Crippen molar-refractivity contribution in [2.75, 3.05) is 16.0 Å². The molecule has 0 aliphatic rings. The third kappa shape index (κ3) is 6.57. The number of para-hydroxylation sites is 1. The molecule has 0 heterocycles. The first-order valence-corrected chi connectivity index (χ1v) is 11.2. The molecule has 1 unspecified atom stereocenters. The highest BCUT2D eigenvalue weighted by Gasteiger charge is 2.17. The fourth-order valence-corrected chi connectivity index (χ4v) is 4.04. The second kappa shape index (κ2) is 10.8. The van der Waals surface area contributed by atoms with Gasteiger partial charge in [0, 0.05) is 16.3 Å². The largest absolute Gasteiger partial charge is 0.366 e. The van der Waals surface area contributed by atoms with Crippen molar-refractivity contribution in [3.63, 3.8) is 0 Å². The number of carbonyl (C=O) groups is 2. The first kappa shape index (κ1) is 23.3. The molecule has 0 saturated heterocycles. The fraction of sp³-hybridized carbons (Fsp3) is 0.125. The summed E-state index contributed by atoms with van der Waals surface area (Å²) in [4.78, 5) is 25.1. The lowest BCUT2D eigenvalue weighted by atomic mass is 10.1. The topological polar surface area (TPSA) is 96.2 Å². The Morgan fingerprint density at radius 1 is 0.906 bits per heavy atom. The Balaban J connectivity index is 1.60. The molecular weight excluding hydrogens is 440 g/mol. The minimum absolute atomic E-state index is 0.223. The standard InChI is InChI=1S/C24H24N4O2S2/c1-15-10-12-17(13-11-15)26-24(31)27-18-6-5-7-19(14-18)32-16(2)23(30)28-21-9-4-3-8-20(21)22(25)29/h3-14,16H,1-2H3,(H2,25,29)(H,28,30)(H2,26,27,31). The Hall–Kier alpha value is -3.36. The van der Waals surface area contributed by atoms with E-state index in [4.69, 9.17) is 18.0 Å². The molecule has 0 aromatic heterocycles. The number of amides is 2. The van der Waals surface area contributed by atoms with Crippen LogP contribution in [0.5, 0.6) is 0 Å². The maximum Gasteiger partial charge on any atom is 0.250 e. The van der Waals surface area contributed by atoms with Gasteiger partial charge in [-0.3, -0.25) is 9.59 Å². The lowest BCUT2D eigenvalue weighted by Gasteiger charge is -2.15. The van der Waals surface area contributed by atoms with Gasteiger partial charge in [-0.1, -0.05) is 35.9 Å². The summed E-state index contributed by atoms with van der Waals surface area (Å²) in [5.41, 5.74) is 8.95. The first-order chi connectivity index (χ1) is 15.3. The maximum atomic E-state index is 12.7. The number of primary amides is 1. The van der Waals surface area contributed by atoms with E-state index >= 15 is 0 Å². The summed E-state index contributed by atoms with van der Waals surface area (Å²) in [6.45, 7) is 3.83. The highest BCUT2D eigenvalue weighted by atomic mass is 32.2. The van der Waals surface area contributed by atoms with Crippen LogP contribution < -0.4 is 21.7 Å².